The molecule has 0 radical (unpaired) electrons. The monoisotopic (exact) mass is 488 g/mol. The van der Waals surface area contributed by atoms with E-state index in [1.54, 1.807) is 36.4 Å². The number of aromatic nitrogens is 3. The van der Waals surface area contributed by atoms with Crippen molar-refractivity contribution in [3.05, 3.63) is 77.2 Å². The minimum absolute atomic E-state index is 0.0224. The summed E-state index contributed by atoms with van der Waals surface area (Å²) in [4.78, 5) is 8.67. The lowest BCUT2D eigenvalue weighted by atomic mass is 10.1. The normalized spacial score (nSPS) is 11.3. The van der Waals surface area contributed by atoms with Crippen LogP contribution in [0.15, 0.2) is 61.1 Å². The molecular formula is C24H23ClF2N4O3. The second-order valence-electron chi connectivity index (χ2n) is 7.36. The lowest BCUT2D eigenvalue weighted by Crippen LogP contribution is -2.09. The second kappa shape index (κ2) is 11.2. The first kappa shape index (κ1) is 23.9. The zero-order valence-electron chi connectivity index (χ0n) is 18.1. The Morgan fingerprint density at radius 2 is 1.94 bits per heavy atom. The quantitative estimate of drug-likeness (QED) is 0.277. The number of alkyl halides is 2. The van der Waals surface area contributed by atoms with Gasteiger partial charge in [0.2, 0.25) is 0 Å². The number of nitrogens with one attached hydrogen (secondary N) is 1. The van der Waals surface area contributed by atoms with Gasteiger partial charge in [-0.05, 0) is 29.8 Å². The Bertz CT molecular complexity index is 1250. The minimum Gasteiger partial charge on any atom is -0.487 e. The predicted octanol–water partition coefficient (Wildman–Crippen LogP) is 5.35. The largest absolute Gasteiger partial charge is 0.487 e. The van der Waals surface area contributed by atoms with E-state index in [0.717, 1.165) is 11.0 Å². The third-order valence-electron chi connectivity index (χ3n) is 5.13. The Morgan fingerprint density at radius 3 is 2.74 bits per heavy atom. The molecule has 0 amide bonds. The predicted molar refractivity (Wildman–Crippen MR) is 126 cm³/mol. The van der Waals surface area contributed by atoms with Crippen LogP contribution in [0.1, 0.15) is 17.6 Å². The maximum Gasteiger partial charge on any atom is 0.264 e. The fourth-order valence-corrected chi connectivity index (χ4v) is 3.74. The van der Waals surface area contributed by atoms with E-state index in [1.165, 1.54) is 12.4 Å². The van der Waals surface area contributed by atoms with Crippen molar-refractivity contribution in [3.63, 3.8) is 0 Å². The van der Waals surface area contributed by atoms with Gasteiger partial charge in [0.25, 0.3) is 6.43 Å². The van der Waals surface area contributed by atoms with Gasteiger partial charge < -0.3 is 24.5 Å². The average Bonchev–Trinajstić information content (AvgIpc) is 3.25. The SMILES string of the molecule is OCCOCCn1ccc2ncnc(Nc3ccc(OCc4ccccc4C(F)F)c(Cl)c3)c21. The van der Waals surface area contributed by atoms with Gasteiger partial charge in [-0.2, -0.15) is 0 Å². The molecule has 0 saturated heterocycles. The highest BCUT2D eigenvalue weighted by molar-refractivity contribution is 6.32. The van der Waals surface area contributed by atoms with Crippen molar-refractivity contribution < 1.29 is 23.4 Å². The van der Waals surface area contributed by atoms with E-state index in [0.29, 0.717) is 41.0 Å². The van der Waals surface area contributed by atoms with Crippen LogP contribution >= 0.6 is 11.6 Å². The average molecular weight is 489 g/mol. The van der Waals surface area contributed by atoms with E-state index in [-0.39, 0.29) is 25.4 Å². The second-order valence-corrected chi connectivity index (χ2v) is 7.77. The van der Waals surface area contributed by atoms with E-state index >= 15 is 0 Å². The van der Waals surface area contributed by atoms with Gasteiger partial charge >= 0.3 is 0 Å². The summed E-state index contributed by atoms with van der Waals surface area (Å²) in [5.41, 5.74) is 2.59. The number of hydrogen-bond donors (Lipinski definition) is 2. The molecule has 2 heterocycles. The molecule has 2 aromatic heterocycles. The van der Waals surface area contributed by atoms with Crippen molar-refractivity contribution in [3.8, 4) is 5.75 Å². The van der Waals surface area contributed by atoms with Gasteiger partial charge in [0.1, 0.15) is 24.2 Å². The summed E-state index contributed by atoms with van der Waals surface area (Å²) in [5, 5.41) is 12.4. The molecule has 0 fully saturated rings. The molecule has 0 bridgehead atoms. The summed E-state index contributed by atoms with van der Waals surface area (Å²) in [6.45, 7) is 1.23. The molecule has 7 nitrogen and oxygen atoms in total. The molecule has 0 aliphatic carbocycles. The maximum atomic E-state index is 13.2. The van der Waals surface area contributed by atoms with Crippen molar-refractivity contribution in [2.24, 2.45) is 0 Å². The zero-order chi connectivity index (χ0) is 23.9. The van der Waals surface area contributed by atoms with Gasteiger partial charge in [0, 0.05) is 24.0 Å². The van der Waals surface area contributed by atoms with E-state index in [9.17, 15) is 8.78 Å². The van der Waals surface area contributed by atoms with E-state index in [1.807, 2.05) is 16.8 Å². The number of ether oxygens (including phenoxy) is 2. The van der Waals surface area contributed by atoms with Gasteiger partial charge in [-0.1, -0.05) is 35.9 Å². The number of rotatable bonds is 11. The summed E-state index contributed by atoms with van der Waals surface area (Å²) in [6, 6.07) is 13.3. The highest BCUT2D eigenvalue weighted by Gasteiger charge is 2.14. The molecule has 0 atom stereocenters. The minimum atomic E-state index is -2.58. The summed E-state index contributed by atoms with van der Waals surface area (Å²) >= 11 is 6.40. The van der Waals surface area contributed by atoms with Crippen LogP contribution in [0.4, 0.5) is 20.3 Å². The molecule has 178 valence electrons. The Morgan fingerprint density at radius 1 is 1.09 bits per heavy atom. The van der Waals surface area contributed by atoms with Gasteiger partial charge in [-0.25, -0.2) is 18.7 Å². The van der Waals surface area contributed by atoms with Gasteiger partial charge in [-0.3, -0.25) is 0 Å². The molecule has 0 aliphatic heterocycles. The number of halogens is 3. The molecule has 2 aromatic carbocycles. The third-order valence-corrected chi connectivity index (χ3v) is 5.43. The molecular weight excluding hydrogens is 466 g/mol. The molecule has 10 heteroatoms. The number of fused-ring (bicyclic) bond motifs is 1. The molecule has 0 saturated carbocycles. The van der Waals surface area contributed by atoms with Crippen LogP contribution in [-0.4, -0.2) is 39.5 Å². The number of nitrogens with zero attached hydrogens (tertiary/aromatic N) is 3. The number of aliphatic hydroxyl groups excluding tert-OH is 1. The summed E-state index contributed by atoms with van der Waals surface area (Å²) in [6.07, 6.45) is 0.789. The van der Waals surface area contributed by atoms with Crippen LogP contribution in [0.3, 0.4) is 0 Å². The topological polar surface area (TPSA) is 81.4 Å². The highest BCUT2D eigenvalue weighted by Crippen LogP contribution is 2.32. The van der Waals surface area contributed by atoms with Gasteiger partial charge in [0.05, 0.1) is 30.4 Å². The van der Waals surface area contributed by atoms with E-state index in [2.05, 4.69) is 15.3 Å². The Kier molecular flexibility index (Phi) is 7.89. The Balaban J connectivity index is 1.48. The summed E-state index contributed by atoms with van der Waals surface area (Å²) in [7, 11) is 0. The summed E-state index contributed by atoms with van der Waals surface area (Å²) in [5.74, 6) is 0.973. The fourth-order valence-electron chi connectivity index (χ4n) is 3.51. The van der Waals surface area contributed by atoms with Crippen molar-refractivity contribution in [2.45, 2.75) is 19.6 Å². The zero-order valence-corrected chi connectivity index (χ0v) is 18.9. The maximum absolute atomic E-state index is 13.2. The highest BCUT2D eigenvalue weighted by atomic mass is 35.5. The van der Waals surface area contributed by atoms with E-state index in [4.69, 9.17) is 26.2 Å². The Hall–Kier alpha value is -3.27. The lowest BCUT2D eigenvalue weighted by molar-refractivity contribution is 0.0875. The van der Waals surface area contributed by atoms with Gasteiger partial charge in [0.15, 0.2) is 5.82 Å². The van der Waals surface area contributed by atoms with Crippen LogP contribution in [0.25, 0.3) is 11.0 Å². The van der Waals surface area contributed by atoms with Crippen LogP contribution in [0.2, 0.25) is 5.02 Å². The van der Waals surface area contributed by atoms with Crippen LogP contribution < -0.4 is 10.1 Å². The number of benzene rings is 2. The van der Waals surface area contributed by atoms with Crippen molar-refractivity contribution in [1.82, 2.24) is 14.5 Å². The van der Waals surface area contributed by atoms with E-state index < -0.39 is 6.43 Å². The van der Waals surface area contributed by atoms with Crippen molar-refractivity contribution in [2.75, 3.05) is 25.1 Å². The molecule has 0 aliphatic rings. The Labute approximate surface area is 199 Å². The molecule has 2 N–H and O–H groups in total. The smallest absolute Gasteiger partial charge is 0.264 e. The molecule has 4 rings (SSSR count). The fraction of sp³-hybridized carbons (Fsp3) is 0.250. The first-order chi connectivity index (χ1) is 16.6. The van der Waals surface area contributed by atoms with Gasteiger partial charge in [-0.15, -0.1) is 0 Å². The number of aliphatic hydroxyl groups is 1. The third kappa shape index (κ3) is 5.61. The molecule has 34 heavy (non-hydrogen) atoms. The first-order valence-electron chi connectivity index (χ1n) is 10.6. The van der Waals surface area contributed by atoms with Crippen molar-refractivity contribution >= 4 is 34.1 Å². The number of hydrogen-bond acceptors (Lipinski definition) is 6. The summed E-state index contributed by atoms with van der Waals surface area (Å²) < 4.78 is 39.4. The van der Waals surface area contributed by atoms with Crippen LogP contribution in [0, 0.1) is 0 Å². The first-order valence-corrected chi connectivity index (χ1v) is 11.0. The molecule has 0 unspecified atom stereocenters. The van der Waals surface area contributed by atoms with Crippen LogP contribution in [0.5, 0.6) is 5.75 Å². The molecule has 0 spiro atoms. The standard InChI is InChI=1S/C24H23ClF2N4O3/c25-19-13-17(5-6-21(19)34-14-16-3-1-2-4-18(16)23(26)27)30-24-22-20(28-15-29-24)7-8-31(22)9-11-33-12-10-32/h1-8,13,15,23,32H,9-12,14H2,(H,28,29,30). The number of anilines is 2. The van der Waals surface area contributed by atoms with Crippen molar-refractivity contribution in [1.29, 1.82) is 0 Å². The van der Waals surface area contributed by atoms with Crippen LogP contribution in [-0.2, 0) is 17.9 Å². The molecule has 4 aromatic rings. The lowest BCUT2D eigenvalue weighted by Gasteiger charge is -2.14.